The standard InChI is InChI=1S/C23H26ClFN2O6S/c1-22(2)23(3,20(28)29)19(10-11-27(22)21(26)30)34(31,32)17-8-6-16(7-9-17)33-13-14-4-5-15(25)12-18(14)24/h4-9,12,19H,10-11,13H2,1-3H3,(H2,26,30)(H,28,29). The van der Waals surface area contributed by atoms with Crippen molar-refractivity contribution >= 4 is 33.4 Å². The number of ether oxygens (including phenoxy) is 1. The average molecular weight is 513 g/mol. The molecule has 2 atom stereocenters. The number of nitrogens with zero attached hydrogens (tertiary/aromatic N) is 1. The highest BCUT2D eigenvalue weighted by Crippen LogP contribution is 2.48. The third-order valence-electron chi connectivity index (χ3n) is 6.85. The fraction of sp³-hybridized carbons (Fsp3) is 0.391. The van der Waals surface area contributed by atoms with Crippen LogP contribution in [0.2, 0.25) is 5.02 Å². The van der Waals surface area contributed by atoms with Crippen molar-refractivity contribution in [2.75, 3.05) is 6.54 Å². The second-order valence-electron chi connectivity index (χ2n) is 8.87. The number of sulfone groups is 1. The molecule has 0 aromatic heterocycles. The molecule has 2 aromatic carbocycles. The van der Waals surface area contributed by atoms with Crippen molar-refractivity contribution < 1.29 is 32.2 Å². The summed E-state index contributed by atoms with van der Waals surface area (Å²) in [5, 5.41) is 8.99. The van der Waals surface area contributed by atoms with Crippen LogP contribution in [0.25, 0.3) is 0 Å². The highest BCUT2D eigenvalue weighted by Gasteiger charge is 2.63. The summed E-state index contributed by atoms with van der Waals surface area (Å²) in [7, 11) is -4.11. The van der Waals surface area contributed by atoms with Crippen molar-refractivity contribution in [1.29, 1.82) is 0 Å². The van der Waals surface area contributed by atoms with Crippen LogP contribution in [0, 0.1) is 11.2 Å². The second-order valence-corrected chi connectivity index (χ2v) is 11.4. The number of hydrogen-bond donors (Lipinski definition) is 2. The molecule has 3 rings (SSSR count). The van der Waals surface area contributed by atoms with E-state index in [1.54, 1.807) is 0 Å². The van der Waals surface area contributed by atoms with E-state index >= 15 is 0 Å². The number of likely N-dealkylation sites (tertiary alicyclic amines) is 1. The first-order chi connectivity index (χ1) is 15.7. The zero-order valence-corrected chi connectivity index (χ0v) is 20.5. The number of halogens is 2. The van der Waals surface area contributed by atoms with Crippen LogP contribution in [-0.2, 0) is 21.2 Å². The van der Waals surface area contributed by atoms with Crippen LogP contribution in [0.1, 0.15) is 32.8 Å². The van der Waals surface area contributed by atoms with E-state index in [9.17, 15) is 27.5 Å². The normalized spacial score (nSPS) is 22.3. The molecule has 3 N–H and O–H groups in total. The number of aliphatic carboxylic acids is 1. The Morgan fingerprint density at radius 3 is 2.35 bits per heavy atom. The quantitative estimate of drug-likeness (QED) is 0.605. The van der Waals surface area contributed by atoms with Gasteiger partial charge < -0.3 is 20.5 Å². The third kappa shape index (κ3) is 4.32. The van der Waals surface area contributed by atoms with Crippen molar-refractivity contribution in [3.8, 4) is 5.75 Å². The maximum absolute atomic E-state index is 13.5. The molecule has 0 saturated carbocycles. The van der Waals surface area contributed by atoms with E-state index in [-0.39, 0.29) is 29.5 Å². The van der Waals surface area contributed by atoms with Gasteiger partial charge in [0.05, 0.1) is 20.7 Å². The fourth-order valence-electron chi connectivity index (χ4n) is 4.43. The van der Waals surface area contributed by atoms with Gasteiger partial charge in [0.1, 0.15) is 23.6 Å². The number of benzene rings is 2. The Balaban J connectivity index is 1.87. The van der Waals surface area contributed by atoms with Gasteiger partial charge in [-0.25, -0.2) is 17.6 Å². The van der Waals surface area contributed by atoms with Crippen molar-refractivity contribution in [2.24, 2.45) is 11.1 Å². The van der Waals surface area contributed by atoms with Crippen LogP contribution < -0.4 is 10.5 Å². The molecule has 0 spiro atoms. The number of hydrogen-bond acceptors (Lipinski definition) is 5. The molecule has 0 bridgehead atoms. The van der Waals surface area contributed by atoms with E-state index in [1.165, 1.54) is 68.1 Å². The number of amides is 2. The number of carboxylic acid groups (broad SMARTS) is 1. The molecule has 1 aliphatic rings. The van der Waals surface area contributed by atoms with E-state index in [0.717, 1.165) is 0 Å². The lowest BCUT2D eigenvalue weighted by Gasteiger charge is -2.54. The van der Waals surface area contributed by atoms with Gasteiger partial charge in [-0.2, -0.15) is 0 Å². The number of primary amides is 1. The lowest BCUT2D eigenvalue weighted by Crippen LogP contribution is -2.70. The van der Waals surface area contributed by atoms with E-state index in [2.05, 4.69) is 0 Å². The van der Waals surface area contributed by atoms with Gasteiger partial charge in [0, 0.05) is 12.1 Å². The number of piperidine rings is 1. The summed E-state index contributed by atoms with van der Waals surface area (Å²) >= 11 is 5.99. The molecule has 1 saturated heterocycles. The zero-order valence-electron chi connectivity index (χ0n) is 18.9. The molecule has 2 amide bonds. The molecule has 8 nitrogen and oxygen atoms in total. The second kappa shape index (κ2) is 9.07. The molecular formula is C23H26ClFN2O6S. The smallest absolute Gasteiger partial charge is 0.315 e. The Hall–Kier alpha value is -2.85. The summed E-state index contributed by atoms with van der Waals surface area (Å²) in [6, 6.07) is 8.68. The maximum atomic E-state index is 13.5. The molecule has 2 aromatic rings. The Kier molecular flexibility index (Phi) is 6.87. The molecule has 0 radical (unpaired) electrons. The van der Waals surface area contributed by atoms with Gasteiger partial charge in [-0.15, -0.1) is 0 Å². The zero-order chi connectivity index (χ0) is 25.5. The van der Waals surface area contributed by atoms with E-state index in [1.807, 2.05) is 0 Å². The number of urea groups is 1. The Bertz CT molecular complexity index is 1220. The van der Waals surface area contributed by atoms with Gasteiger partial charge in [0.15, 0.2) is 9.84 Å². The molecule has 1 fully saturated rings. The molecular weight excluding hydrogens is 487 g/mol. The minimum Gasteiger partial charge on any atom is -0.489 e. The maximum Gasteiger partial charge on any atom is 0.315 e. The van der Waals surface area contributed by atoms with Gasteiger partial charge in [-0.05, 0) is 63.6 Å². The van der Waals surface area contributed by atoms with Gasteiger partial charge in [0.2, 0.25) is 0 Å². The van der Waals surface area contributed by atoms with Gasteiger partial charge in [0.25, 0.3) is 0 Å². The van der Waals surface area contributed by atoms with Crippen LogP contribution in [-0.4, -0.2) is 47.8 Å². The van der Waals surface area contributed by atoms with Crippen LogP contribution >= 0.6 is 11.6 Å². The summed E-state index contributed by atoms with van der Waals surface area (Å²) in [6.45, 7) is 4.39. The SMILES string of the molecule is CC1(C(=O)O)C(S(=O)(=O)c2ccc(OCc3ccc(F)cc3Cl)cc2)CCN(C(N)=O)C1(C)C. The van der Waals surface area contributed by atoms with E-state index < -0.39 is 43.9 Å². The number of nitrogens with two attached hydrogens (primary N) is 1. The third-order valence-corrected chi connectivity index (χ3v) is 9.59. The average Bonchev–Trinajstić information content (AvgIpc) is 2.74. The number of carbonyl (C=O) groups excluding carboxylic acids is 1. The van der Waals surface area contributed by atoms with Crippen LogP contribution in [0.5, 0.6) is 5.75 Å². The first kappa shape index (κ1) is 25.8. The van der Waals surface area contributed by atoms with Crippen molar-refractivity contribution in [1.82, 2.24) is 4.90 Å². The van der Waals surface area contributed by atoms with Gasteiger partial charge in [-0.3, -0.25) is 4.79 Å². The summed E-state index contributed by atoms with van der Waals surface area (Å²) in [5.41, 5.74) is 2.80. The Morgan fingerprint density at radius 1 is 1.21 bits per heavy atom. The summed E-state index contributed by atoms with van der Waals surface area (Å²) in [5.74, 6) is -1.46. The highest BCUT2D eigenvalue weighted by atomic mass is 35.5. The topological polar surface area (TPSA) is 127 Å². The highest BCUT2D eigenvalue weighted by molar-refractivity contribution is 7.92. The molecule has 1 aliphatic heterocycles. The minimum absolute atomic E-state index is 0.00865. The number of carboxylic acids is 1. The van der Waals surface area contributed by atoms with E-state index in [0.29, 0.717) is 11.3 Å². The largest absolute Gasteiger partial charge is 0.489 e. The van der Waals surface area contributed by atoms with Crippen molar-refractivity contribution in [3.05, 3.63) is 58.9 Å². The number of rotatable bonds is 6. The minimum atomic E-state index is -4.11. The fourth-order valence-corrected chi connectivity index (χ4v) is 6.92. The molecule has 2 unspecified atom stereocenters. The van der Waals surface area contributed by atoms with Crippen molar-refractivity contribution in [2.45, 2.75) is 49.5 Å². The monoisotopic (exact) mass is 512 g/mol. The first-order valence-corrected chi connectivity index (χ1v) is 12.4. The van der Waals surface area contributed by atoms with Crippen molar-refractivity contribution in [3.63, 3.8) is 0 Å². The lowest BCUT2D eigenvalue weighted by molar-refractivity contribution is -0.159. The van der Waals surface area contributed by atoms with Gasteiger partial charge in [-0.1, -0.05) is 17.7 Å². The summed E-state index contributed by atoms with van der Waals surface area (Å²) in [4.78, 5) is 25.4. The Morgan fingerprint density at radius 2 is 1.82 bits per heavy atom. The molecule has 0 aliphatic carbocycles. The molecule has 184 valence electrons. The Labute approximate surface area is 202 Å². The van der Waals surface area contributed by atoms with Gasteiger partial charge >= 0.3 is 12.0 Å². The number of carbonyl (C=O) groups is 2. The van der Waals surface area contributed by atoms with Crippen LogP contribution in [0.15, 0.2) is 47.4 Å². The van der Waals surface area contributed by atoms with Crippen LogP contribution in [0.4, 0.5) is 9.18 Å². The molecule has 11 heteroatoms. The predicted octanol–water partition coefficient (Wildman–Crippen LogP) is 3.85. The summed E-state index contributed by atoms with van der Waals surface area (Å²) in [6.07, 6.45) is -0.0845. The first-order valence-electron chi connectivity index (χ1n) is 10.4. The lowest BCUT2D eigenvalue weighted by atomic mass is 9.66. The predicted molar refractivity (Wildman–Crippen MR) is 124 cm³/mol. The van der Waals surface area contributed by atoms with Crippen LogP contribution in [0.3, 0.4) is 0 Å². The molecule has 1 heterocycles. The summed E-state index contributed by atoms with van der Waals surface area (Å²) < 4.78 is 45.9. The van der Waals surface area contributed by atoms with E-state index in [4.69, 9.17) is 22.1 Å². The molecule has 34 heavy (non-hydrogen) atoms.